The van der Waals surface area contributed by atoms with E-state index < -0.39 is 16.6 Å². The molecule has 0 atom stereocenters. The molecule has 1 amide bonds. The number of pyridine rings is 1. The minimum absolute atomic E-state index is 0.0735. The molecule has 2 aromatic carbocycles. The van der Waals surface area contributed by atoms with Crippen LogP contribution in [0.15, 0.2) is 60.9 Å². The van der Waals surface area contributed by atoms with Gasteiger partial charge >= 0.3 is 0 Å². The molecule has 0 fully saturated rings. The molecular formula is C20H15N5O4. The van der Waals surface area contributed by atoms with Gasteiger partial charge in [0, 0.05) is 30.3 Å². The molecule has 4 aromatic rings. The van der Waals surface area contributed by atoms with Crippen molar-refractivity contribution < 1.29 is 14.8 Å². The fraction of sp³-hybridized carbons (Fsp3) is 0.0500. The molecule has 0 spiro atoms. The number of nitro groups is 1. The predicted octanol–water partition coefficient (Wildman–Crippen LogP) is 3.50. The number of aromatic hydroxyl groups is 1. The summed E-state index contributed by atoms with van der Waals surface area (Å²) in [7, 11) is 1.79. The Balaban J connectivity index is 1.76. The molecule has 144 valence electrons. The van der Waals surface area contributed by atoms with E-state index in [1.165, 1.54) is 12.1 Å². The van der Waals surface area contributed by atoms with E-state index in [4.69, 9.17) is 0 Å². The first-order valence-electron chi connectivity index (χ1n) is 8.60. The highest BCUT2D eigenvalue weighted by atomic mass is 16.6. The zero-order chi connectivity index (χ0) is 20.5. The maximum Gasteiger partial charge on any atom is 0.273 e. The fourth-order valence-electron chi connectivity index (χ4n) is 2.99. The third-order valence-corrected chi connectivity index (χ3v) is 4.40. The fourth-order valence-corrected chi connectivity index (χ4v) is 2.99. The van der Waals surface area contributed by atoms with Crippen molar-refractivity contribution >= 4 is 28.2 Å². The summed E-state index contributed by atoms with van der Waals surface area (Å²) in [5, 5.41) is 28.2. The van der Waals surface area contributed by atoms with E-state index in [2.05, 4.69) is 15.4 Å². The summed E-state index contributed by atoms with van der Waals surface area (Å²) in [5.74, 6) is -0.865. The molecule has 0 radical (unpaired) electrons. The standard InChI is InChI=1S/C20H15N5O4/c1-24-11-12(10-21-24)18-9-15(14-4-2-3-5-16(14)22-18)20(27)23-17-7-6-13(25(28)29)8-19(17)26/h2-11,26H,1H3,(H,23,27). The van der Waals surface area contributed by atoms with E-state index in [0.717, 1.165) is 11.6 Å². The minimum atomic E-state index is -0.623. The van der Waals surface area contributed by atoms with Gasteiger partial charge in [-0.05, 0) is 18.2 Å². The number of phenols is 1. The molecule has 0 unspecified atom stereocenters. The van der Waals surface area contributed by atoms with Crippen LogP contribution in [0.4, 0.5) is 11.4 Å². The maximum absolute atomic E-state index is 13.0. The van der Waals surface area contributed by atoms with Crippen LogP contribution in [-0.4, -0.2) is 30.7 Å². The maximum atomic E-state index is 13.0. The SMILES string of the molecule is Cn1cc(-c2cc(C(=O)Nc3ccc([N+](=O)[O-])cc3O)c3ccccc3n2)cn1. The van der Waals surface area contributed by atoms with Crippen LogP contribution in [0, 0.1) is 10.1 Å². The lowest BCUT2D eigenvalue weighted by molar-refractivity contribution is -0.384. The summed E-state index contributed by atoms with van der Waals surface area (Å²) in [6.07, 6.45) is 3.45. The Morgan fingerprint density at radius 3 is 2.69 bits per heavy atom. The Morgan fingerprint density at radius 2 is 2.00 bits per heavy atom. The summed E-state index contributed by atoms with van der Waals surface area (Å²) in [4.78, 5) is 27.8. The summed E-state index contributed by atoms with van der Waals surface area (Å²) >= 11 is 0. The van der Waals surface area contributed by atoms with E-state index in [1.54, 1.807) is 48.4 Å². The minimum Gasteiger partial charge on any atom is -0.506 e. The number of rotatable bonds is 4. The van der Waals surface area contributed by atoms with Gasteiger partial charge in [-0.25, -0.2) is 4.98 Å². The van der Waals surface area contributed by atoms with Crippen LogP contribution < -0.4 is 5.32 Å². The number of nitrogens with zero attached hydrogens (tertiary/aromatic N) is 4. The number of anilines is 1. The van der Waals surface area contributed by atoms with E-state index in [1.807, 2.05) is 6.07 Å². The van der Waals surface area contributed by atoms with Crippen LogP contribution in [0.2, 0.25) is 0 Å². The first-order chi connectivity index (χ1) is 13.9. The molecule has 0 saturated carbocycles. The highest BCUT2D eigenvalue weighted by molar-refractivity contribution is 6.13. The number of phenolic OH excluding ortho intramolecular Hbond substituents is 1. The lowest BCUT2D eigenvalue weighted by Gasteiger charge is -2.11. The van der Waals surface area contributed by atoms with E-state index in [0.29, 0.717) is 22.2 Å². The molecule has 29 heavy (non-hydrogen) atoms. The van der Waals surface area contributed by atoms with Gasteiger partial charge in [0.05, 0.1) is 39.6 Å². The van der Waals surface area contributed by atoms with Crippen LogP contribution in [0.25, 0.3) is 22.2 Å². The zero-order valence-corrected chi connectivity index (χ0v) is 15.2. The Hall–Kier alpha value is -4.27. The van der Waals surface area contributed by atoms with Gasteiger partial charge in [-0.3, -0.25) is 19.6 Å². The number of para-hydroxylation sites is 1. The number of carbonyl (C=O) groups excluding carboxylic acids is 1. The molecule has 2 heterocycles. The normalized spacial score (nSPS) is 10.8. The van der Waals surface area contributed by atoms with Gasteiger partial charge in [0.25, 0.3) is 11.6 Å². The van der Waals surface area contributed by atoms with Gasteiger partial charge < -0.3 is 10.4 Å². The second-order valence-electron chi connectivity index (χ2n) is 6.39. The van der Waals surface area contributed by atoms with Crippen LogP contribution in [0.1, 0.15) is 10.4 Å². The number of carbonyl (C=O) groups is 1. The van der Waals surface area contributed by atoms with E-state index >= 15 is 0 Å². The predicted molar refractivity (Wildman–Crippen MR) is 107 cm³/mol. The van der Waals surface area contributed by atoms with E-state index in [9.17, 15) is 20.0 Å². The van der Waals surface area contributed by atoms with Gasteiger partial charge in [0.15, 0.2) is 0 Å². The molecule has 0 bridgehead atoms. The Bertz CT molecular complexity index is 1260. The average Bonchev–Trinajstić information content (AvgIpc) is 3.14. The monoisotopic (exact) mass is 389 g/mol. The second-order valence-corrected chi connectivity index (χ2v) is 6.39. The number of aryl methyl sites for hydroxylation is 1. The Kier molecular flexibility index (Phi) is 4.40. The molecule has 9 nitrogen and oxygen atoms in total. The number of hydrogen-bond donors (Lipinski definition) is 2. The molecule has 0 aliphatic rings. The van der Waals surface area contributed by atoms with Crippen LogP contribution in [0.3, 0.4) is 0 Å². The molecule has 0 aliphatic heterocycles. The van der Waals surface area contributed by atoms with Crippen molar-refractivity contribution in [1.29, 1.82) is 0 Å². The van der Waals surface area contributed by atoms with Crippen molar-refractivity contribution in [2.45, 2.75) is 0 Å². The largest absolute Gasteiger partial charge is 0.506 e. The average molecular weight is 389 g/mol. The number of nitro benzene ring substituents is 1. The van der Waals surface area contributed by atoms with Crippen LogP contribution in [0.5, 0.6) is 5.75 Å². The summed E-state index contributed by atoms with van der Waals surface area (Å²) in [5.41, 5.74) is 2.12. The highest BCUT2D eigenvalue weighted by Crippen LogP contribution is 2.30. The highest BCUT2D eigenvalue weighted by Gasteiger charge is 2.17. The third kappa shape index (κ3) is 3.48. The zero-order valence-electron chi connectivity index (χ0n) is 15.2. The second kappa shape index (κ2) is 7.04. The van der Waals surface area contributed by atoms with Crippen molar-refractivity contribution in [2.75, 3.05) is 5.32 Å². The number of aromatic nitrogens is 3. The first kappa shape index (κ1) is 18.1. The number of nitrogens with one attached hydrogen (secondary N) is 1. The van der Waals surface area contributed by atoms with Crippen molar-refractivity contribution in [3.63, 3.8) is 0 Å². The van der Waals surface area contributed by atoms with Crippen molar-refractivity contribution in [2.24, 2.45) is 7.05 Å². The van der Waals surface area contributed by atoms with Crippen molar-refractivity contribution in [3.8, 4) is 17.0 Å². The number of benzene rings is 2. The van der Waals surface area contributed by atoms with Crippen molar-refractivity contribution in [3.05, 3.63) is 76.6 Å². The topological polar surface area (TPSA) is 123 Å². The molecule has 0 aliphatic carbocycles. The number of non-ortho nitro benzene ring substituents is 1. The van der Waals surface area contributed by atoms with Gasteiger partial charge in [-0.15, -0.1) is 0 Å². The molecule has 9 heteroatoms. The third-order valence-electron chi connectivity index (χ3n) is 4.40. The van der Waals surface area contributed by atoms with Crippen LogP contribution in [-0.2, 0) is 7.05 Å². The van der Waals surface area contributed by atoms with Crippen LogP contribution >= 0.6 is 0 Å². The molecule has 0 saturated heterocycles. The first-order valence-corrected chi connectivity index (χ1v) is 8.60. The number of fused-ring (bicyclic) bond motifs is 1. The molecule has 4 rings (SSSR count). The number of amides is 1. The Labute approximate surface area is 164 Å². The molecular weight excluding hydrogens is 374 g/mol. The lowest BCUT2D eigenvalue weighted by atomic mass is 10.0. The van der Waals surface area contributed by atoms with Gasteiger partial charge in [0.1, 0.15) is 5.75 Å². The summed E-state index contributed by atoms with van der Waals surface area (Å²) in [6, 6.07) is 12.3. The molecule has 2 aromatic heterocycles. The lowest BCUT2D eigenvalue weighted by Crippen LogP contribution is -2.13. The summed E-state index contributed by atoms with van der Waals surface area (Å²) < 4.78 is 1.64. The van der Waals surface area contributed by atoms with Gasteiger partial charge in [0.2, 0.25) is 0 Å². The van der Waals surface area contributed by atoms with Gasteiger partial charge in [-0.2, -0.15) is 5.10 Å². The molecule has 2 N–H and O–H groups in total. The summed E-state index contributed by atoms with van der Waals surface area (Å²) in [6.45, 7) is 0. The quantitative estimate of drug-likeness (QED) is 0.313. The smallest absolute Gasteiger partial charge is 0.273 e. The van der Waals surface area contributed by atoms with E-state index in [-0.39, 0.29) is 11.4 Å². The Morgan fingerprint density at radius 1 is 1.21 bits per heavy atom. The van der Waals surface area contributed by atoms with Crippen molar-refractivity contribution in [1.82, 2.24) is 14.8 Å². The van der Waals surface area contributed by atoms with Gasteiger partial charge in [-0.1, -0.05) is 18.2 Å². The number of hydrogen-bond acceptors (Lipinski definition) is 6.